The number of nitrogens with one attached hydrogen (secondary N) is 1. The van der Waals surface area contributed by atoms with Gasteiger partial charge in [0.1, 0.15) is 0 Å². The molecule has 31 heavy (non-hydrogen) atoms. The summed E-state index contributed by atoms with van der Waals surface area (Å²) < 4.78 is 6.41. The molecule has 0 fully saturated rings. The van der Waals surface area contributed by atoms with Gasteiger partial charge in [-0.15, -0.1) is 0 Å². The van der Waals surface area contributed by atoms with Crippen LogP contribution >= 0.6 is 31.9 Å². The van der Waals surface area contributed by atoms with Crippen LogP contribution in [0.5, 0.6) is 5.75 Å². The van der Waals surface area contributed by atoms with Gasteiger partial charge in [0.15, 0.2) is 5.75 Å². The van der Waals surface area contributed by atoms with Crippen LogP contribution in [0.15, 0.2) is 75.0 Å². The molecule has 0 aliphatic rings. The highest BCUT2D eigenvalue weighted by Gasteiger charge is 2.19. The predicted octanol–water partition coefficient (Wildman–Crippen LogP) is 4.50. The van der Waals surface area contributed by atoms with Crippen LogP contribution in [0.3, 0.4) is 0 Å². The molecule has 3 aromatic rings. The molecule has 1 aromatic heterocycles. The highest BCUT2D eigenvalue weighted by atomic mass is 79.9. The van der Waals surface area contributed by atoms with Gasteiger partial charge in [0.25, 0.3) is 11.6 Å². The number of halogens is 2. The van der Waals surface area contributed by atoms with Gasteiger partial charge in [-0.2, -0.15) is 5.10 Å². The first kappa shape index (κ1) is 22.2. The van der Waals surface area contributed by atoms with E-state index in [1.165, 1.54) is 36.7 Å². The van der Waals surface area contributed by atoms with Gasteiger partial charge in [0.05, 0.1) is 21.2 Å². The number of hydrogen-bond acceptors (Lipinski definition) is 7. The second-order valence-corrected chi connectivity index (χ2v) is 7.70. The number of ether oxygens (including phenoxy) is 1. The molecule has 0 aliphatic carbocycles. The minimum atomic E-state index is -0.669. The smallest absolute Gasteiger partial charge is 0.343 e. The number of aromatic nitrogens is 1. The Labute approximate surface area is 192 Å². The molecule has 1 N–H and O–H groups in total. The van der Waals surface area contributed by atoms with Crippen molar-refractivity contribution in [3.8, 4) is 5.75 Å². The van der Waals surface area contributed by atoms with Crippen molar-refractivity contribution in [3.63, 3.8) is 0 Å². The van der Waals surface area contributed by atoms with Gasteiger partial charge >= 0.3 is 5.97 Å². The summed E-state index contributed by atoms with van der Waals surface area (Å²) in [6, 6.07) is 11.9. The van der Waals surface area contributed by atoms with E-state index in [0.717, 1.165) is 10.7 Å². The second-order valence-electron chi connectivity index (χ2n) is 5.93. The first-order valence-electron chi connectivity index (χ1n) is 8.54. The zero-order chi connectivity index (χ0) is 22.4. The predicted molar refractivity (Wildman–Crippen MR) is 119 cm³/mol. The lowest BCUT2D eigenvalue weighted by Gasteiger charge is -2.10. The molecule has 11 heteroatoms. The molecule has 0 aliphatic heterocycles. The molecule has 9 nitrogen and oxygen atoms in total. The van der Waals surface area contributed by atoms with Crippen molar-refractivity contribution < 1.29 is 19.2 Å². The van der Waals surface area contributed by atoms with Crippen molar-refractivity contribution in [1.82, 2.24) is 10.4 Å². The Morgan fingerprint density at radius 2 is 1.74 bits per heavy atom. The molecule has 1 heterocycles. The van der Waals surface area contributed by atoms with Crippen LogP contribution in [-0.4, -0.2) is 28.0 Å². The van der Waals surface area contributed by atoms with Crippen LogP contribution in [0.25, 0.3) is 0 Å². The number of amides is 1. The third-order valence-corrected chi connectivity index (χ3v) is 4.97. The number of rotatable bonds is 6. The van der Waals surface area contributed by atoms with Crippen LogP contribution in [0.2, 0.25) is 0 Å². The Morgan fingerprint density at radius 1 is 1.06 bits per heavy atom. The van der Waals surface area contributed by atoms with E-state index in [-0.39, 0.29) is 27.0 Å². The molecule has 0 saturated carbocycles. The van der Waals surface area contributed by atoms with Crippen molar-refractivity contribution in [2.45, 2.75) is 0 Å². The monoisotopic (exact) mass is 546 g/mol. The quantitative estimate of drug-likeness (QED) is 0.159. The third kappa shape index (κ3) is 5.80. The first-order valence-corrected chi connectivity index (χ1v) is 10.1. The number of non-ortho nitro benzene ring substituents is 1. The molecule has 0 radical (unpaired) electrons. The average Bonchev–Trinajstić information content (AvgIpc) is 2.76. The second kappa shape index (κ2) is 10.0. The van der Waals surface area contributed by atoms with Crippen LogP contribution in [0.1, 0.15) is 26.3 Å². The van der Waals surface area contributed by atoms with Crippen molar-refractivity contribution >= 4 is 55.6 Å². The van der Waals surface area contributed by atoms with Crippen LogP contribution in [0.4, 0.5) is 5.69 Å². The van der Waals surface area contributed by atoms with Gasteiger partial charge in [0.2, 0.25) is 0 Å². The summed E-state index contributed by atoms with van der Waals surface area (Å²) in [7, 11) is 0. The number of hydrazone groups is 1. The van der Waals surface area contributed by atoms with E-state index < -0.39 is 16.8 Å². The standard InChI is InChI=1S/C20H12Br2N4O5/c21-15-3-1-13(2-4-15)20(28)31-18-14(9-16(26(29)30)10-17(18)22)11-24-25-19(27)12-5-7-23-8-6-12/h1-11H,(H,25,27)/b24-11-. The van der Waals surface area contributed by atoms with E-state index in [2.05, 4.69) is 47.4 Å². The number of hydrogen-bond donors (Lipinski definition) is 1. The van der Waals surface area contributed by atoms with Crippen molar-refractivity contribution in [3.05, 3.63) is 96.7 Å². The Balaban J connectivity index is 1.88. The fourth-order valence-electron chi connectivity index (χ4n) is 2.37. The topological polar surface area (TPSA) is 124 Å². The number of carbonyl (C=O) groups excluding carboxylic acids is 2. The minimum absolute atomic E-state index is 0.0143. The molecular formula is C20H12Br2N4O5. The number of nitro groups is 1. The zero-order valence-electron chi connectivity index (χ0n) is 15.5. The summed E-state index contributed by atoms with van der Waals surface area (Å²) in [5.41, 5.74) is 2.77. The Kier molecular flexibility index (Phi) is 7.21. The maximum absolute atomic E-state index is 12.5. The largest absolute Gasteiger partial charge is 0.421 e. The summed E-state index contributed by atoms with van der Waals surface area (Å²) >= 11 is 6.48. The Bertz CT molecular complexity index is 1170. The van der Waals surface area contributed by atoms with E-state index in [1.807, 2.05) is 0 Å². The van der Waals surface area contributed by atoms with Crippen molar-refractivity contribution in [1.29, 1.82) is 0 Å². The lowest BCUT2D eigenvalue weighted by molar-refractivity contribution is -0.385. The van der Waals surface area contributed by atoms with E-state index >= 15 is 0 Å². The lowest BCUT2D eigenvalue weighted by atomic mass is 10.2. The highest BCUT2D eigenvalue weighted by molar-refractivity contribution is 9.10. The number of benzene rings is 2. The van der Waals surface area contributed by atoms with Crippen molar-refractivity contribution in [2.24, 2.45) is 5.10 Å². The lowest BCUT2D eigenvalue weighted by Crippen LogP contribution is -2.17. The summed E-state index contributed by atoms with van der Waals surface area (Å²) in [5.74, 6) is -1.16. The molecule has 2 aromatic carbocycles. The van der Waals surface area contributed by atoms with Gasteiger partial charge in [-0.25, -0.2) is 10.2 Å². The molecule has 0 bridgehead atoms. The molecule has 1 amide bonds. The molecule has 3 rings (SSSR count). The highest BCUT2D eigenvalue weighted by Crippen LogP contribution is 2.33. The van der Waals surface area contributed by atoms with Gasteiger partial charge in [-0.1, -0.05) is 15.9 Å². The average molecular weight is 548 g/mol. The molecular weight excluding hydrogens is 536 g/mol. The Hall–Kier alpha value is -3.44. The van der Waals surface area contributed by atoms with Gasteiger partial charge in [0, 0.05) is 40.1 Å². The van der Waals surface area contributed by atoms with E-state index in [4.69, 9.17) is 4.74 Å². The molecule has 0 unspecified atom stereocenters. The van der Waals surface area contributed by atoms with Gasteiger partial charge in [-0.3, -0.25) is 19.9 Å². The summed E-state index contributed by atoms with van der Waals surface area (Å²) in [5, 5.41) is 15.0. The first-order chi connectivity index (χ1) is 14.8. The number of nitro benzene ring substituents is 1. The maximum atomic E-state index is 12.5. The normalized spacial score (nSPS) is 10.6. The fourth-order valence-corrected chi connectivity index (χ4v) is 3.18. The summed E-state index contributed by atoms with van der Waals surface area (Å²) in [6.45, 7) is 0. The SMILES string of the molecule is O=C(N/N=C\c1cc([N+](=O)[O-])cc(Br)c1OC(=O)c1ccc(Br)cc1)c1ccncc1. The maximum Gasteiger partial charge on any atom is 0.343 e. The van der Waals surface area contributed by atoms with Gasteiger partial charge < -0.3 is 4.74 Å². The summed E-state index contributed by atoms with van der Waals surface area (Å²) in [6.07, 6.45) is 4.06. The molecule has 0 spiro atoms. The van der Waals surface area contributed by atoms with Crippen LogP contribution in [-0.2, 0) is 0 Å². The fraction of sp³-hybridized carbons (Fsp3) is 0. The Morgan fingerprint density at radius 3 is 2.39 bits per heavy atom. The molecule has 0 saturated heterocycles. The van der Waals surface area contributed by atoms with E-state index in [0.29, 0.717) is 5.56 Å². The molecule has 0 atom stereocenters. The number of esters is 1. The number of carbonyl (C=O) groups is 2. The summed E-state index contributed by atoms with van der Waals surface area (Å²) in [4.78, 5) is 39.0. The number of nitrogens with zero attached hydrogens (tertiary/aromatic N) is 3. The molecule has 156 valence electrons. The van der Waals surface area contributed by atoms with Crippen LogP contribution in [0, 0.1) is 10.1 Å². The number of pyridine rings is 1. The minimum Gasteiger partial charge on any atom is -0.421 e. The van der Waals surface area contributed by atoms with E-state index in [1.54, 1.807) is 24.3 Å². The van der Waals surface area contributed by atoms with Crippen LogP contribution < -0.4 is 10.2 Å². The van der Waals surface area contributed by atoms with Gasteiger partial charge in [-0.05, 0) is 52.3 Å². The van der Waals surface area contributed by atoms with Crippen molar-refractivity contribution in [2.75, 3.05) is 0 Å². The third-order valence-electron chi connectivity index (χ3n) is 3.85. The van der Waals surface area contributed by atoms with E-state index in [9.17, 15) is 19.7 Å². The zero-order valence-corrected chi connectivity index (χ0v) is 18.7.